The van der Waals surface area contributed by atoms with Crippen LogP contribution in [0.3, 0.4) is 0 Å². The van der Waals surface area contributed by atoms with Gasteiger partial charge in [0, 0.05) is 6.04 Å². The normalized spacial score (nSPS) is 24.5. The Kier molecular flexibility index (Phi) is 5.82. The Labute approximate surface area is 117 Å². The maximum absolute atomic E-state index is 12.1. The van der Waals surface area contributed by atoms with Crippen LogP contribution in [0.25, 0.3) is 0 Å². The molecule has 4 nitrogen and oxygen atoms in total. The zero-order valence-corrected chi connectivity index (χ0v) is 12.1. The molecule has 2 N–H and O–H groups in total. The summed E-state index contributed by atoms with van der Waals surface area (Å²) in [6, 6.07) is -0.123. The topological polar surface area (TPSA) is 50.4 Å². The smallest absolute Gasteiger partial charge is 0.369 e. The Balaban J connectivity index is 2.43. The van der Waals surface area contributed by atoms with Crippen molar-refractivity contribution < 1.29 is 22.7 Å². The highest BCUT2D eigenvalue weighted by Crippen LogP contribution is 2.24. The standard InChI is InChI=1S/C13H23F3N2O2/c1-12(2,17-3)11(19)18-9-5-4-6-10(7-9)20-8-13(14,15)16/h9-10,17H,4-8H2,1-3H3,(H,18,19). The molecular formula is C13H23F3N2O2. The number of rotatable bonds is 5. The molecule has 20 heavy (non-hydrogen) atoms. The molecule has 1 amide bonds. The Bertz CT molecular complexity index is 332. The highest BCUT2D eigenvalue weighted by molar-refractivity contribution is 5.85. The van der Waals surface area contributed by atoms with Gasteiger partial charge in [-0.25, -0.2) is 0 Å². The summed E-state index contributed by atoms with van der Waals surface area (Å²) in [5.74, 6) is -0.151. The van der Waals surface area contributed by atoms with Crippen LogP contribution in [0.1, 0.15) is 39.5 Å². The molecule has 0 spiro atoms. The van der Waals surface area contributed by atoms with Crippen molar-refractivity contribution in [3.63, 3.8) is 0 Å². The summed E-state index contributed by atoms with van der Waals surface area (Å²) >= 11 is 0. The highest BCUT2D eigenvalue weighted by atomic mass is 19.4. The van der Waals surface area contributed by atoms with Crippen molar-refractivity contribution in [2.75, 3.05) is 13.7 Å². The Morgan fingerprint density at radius 2 is 1.95 bits per heavy atom. The zero-order chi connectivity index (χ0) is 15.4. The van der Waals surface area contributed by atoms with Crippen molar-refractivity contribution in [1.82, 2.24) is 10.6 Å². The molecule has 0 bridgehead atoms. The second kappa shape index (κ2) is 6.76. The molecule has 118 valence electrons. The fourth-order valence-electron chi connectivity index (χ4n) is 2.12. The molecule has 1 aliphatic carbocycles. The second-order valence-corrected chi connectivity index (χ2v) is 5.76. The van der Waals surface area contributed by atoms with Crippen LogP contribution in [0.4, 0.5) is 13.2 Å². The predicted octanol–water partition coefficient (Wildman–Crippen LogP) is 1.99. The molecule has 0 aromatic carbocycles. The van der Waals surface area contributed by atoms with Crippen molar-refractivity contribution in [3.05, 3.63) is 0 Å². The van der Waals surface area contributed by atoms with Crippen LogP contribution in [0.15, 0.2) is 0 Å². The van der Waals surface area contributed by atoms with Crippen molar-refractivity contribution in [1.29, 1.82) is 0 Å². The van der Waals surface area contributed by atoms with Gasteiger partial charge in [-0.15, -0.1) is 0 Å². The largest absolute Gasteiger partial charge is 0.411 e. The van der Waals surface area contributed by atoms with Gasteiger partial charge in [-0.05, 0) is 46.6 Å². The maximum Gasteiger partial charge on any atom is 0.411 e. The predicted molar refractivity (Wildman–Crippen MR) is 69.3 cm³/mol. The average Bonchev–Trinajstić information content (AvgIpc) is 2.36. The van der Waals surface area contributed by atoms with Crippen LogP contribution >= 0.6 is 0 Å². The molecule has 0 aromatic heterocycles. The number of carbonyl (C=O) groups excluding carboxylic acids is 1. The maximum atomic E-state index is 12.1. The van der Waals surface area contributed by atoms with Gasteiger partial charge in [-0.2, -0.15) is 13.2 Å². The minimum absolute atomic E-state index is 0.123. The Morgan fingerprint density at radius 1 is 1.30 bits per heavy atom. The summed E-state index contributed by atoms with van der Waals surface area (Å²) in [5, 5.41) is 5.77. The number of likely N-dealkylation sites (N-methyl/N-ethyl adjacent to an activating group) is 1. The molecule has 0 aliphatic heterocycles. The van der Waals surface area contributed by atoms with Gasteiger partial charge in [0.05, 0.1) is 11.6 Å². The van der Waals surface area contributed by atoms with Crippen LogP contribution in [0.2, 0.25) is 0 Å². The second-order valence-electron chi connectivity index (χ2n) is 5.76. The van der Waals surface area contributed by atoms with Crippen LogP contribution in [-0.4, -0.2) is 43.4 Å². The first kappa shape index (κ1) is 17.2. The van der Waals surface area contributed by atoms with Gasteiger partial charge in [-0.3, -0.25) is 4.79 Å². The van der Waals surface area contributed by atoms with E-state index in [9.17, 15) is 18.0 Å². The van der Waals surface area contributed by atoms with Gasteiger partial charge in [0.25, 0.3) is 0 Å². The van der Waals surface area contributed by atoms with Crippen LogP contribution < -0.4 is 10.6 Å². The van der Waals surface area contributed by atoms with E-state index in [4.69, 9.17) is 4.74 Å². The first-order valence-electron chi connectivity index (χ1n) is 6.82. The lowest BCUT2D eigenvalue weighted by Crippen LogP contribution is -2.54. The molecule has 2 atom stereocenters. The average molecular weight is 296 g/mol. The van der Waals surface area contributed by atoms with E-state index in [1.165, 1.54) is 0 Å². The van der Waals surface area contributed by atoms with Crippen molar-refractivity contribution >= 4 is 5.91 Å². The molecule has 1 fully saturated rings. The summed E-state index contributed by atoms with van der Waals surface area (Å²) in [4.78, 5) is 12.0. The van der Waals surface area contributed by atoms with Gasteiger partial charge < -0.3 is 15.4 Å². The molecule has 1 saturated carbocycles. The number of alkyl halides is 3. The van der Waals surface area contributed by atoms with Crippen LogP contribution in [0.5, 0.6) is 0 Å². The van der Waals surface area contributed by atoms with Crippen LogP contribution in [-0.2, 0) is 9.53 Å². The summed E-state index contributed by atoms with van der Waals surface area (Å²) < 4.78 is 41.2. The lowest BCUT2D eigenvalue weighted by Gasteiger charge is -2.32. The summed E-state index contributed by atoms with van der Waals surface area (Å²) in [6.45, 7) is 2.28. The van der Waals surface area contributed by atoms with Gasteiger partial charge in [0.1, 0.15) is 6.61 Å². The monoisotopic (exact) mass is 296 g/mol. The van der Waals surface area contributed by atoms with Gasteiger partial charge in [0.15, 0.2) is 0 Å². The minimum Gasteiger partial charge on any atom is -0.369 e. The van der Waals surface area contributed by atoms with Crippen molar-refractivity contribution in [2.45, 2.75) is 63.4 Å². The lowest BCUT2D eigenvalue weighted by atomic mass is 9.92. The van der Waals surface area contributed by atoms with E-state index in [0.717, 1.165) is 12.8 Å². The van der Waals surface area contributed by atoms with E-state index in [2.05, 4.69) is 10.6 Å². The number of halogens is 3. The highest BCUT2D eigenvalue weighted by Gasteiger charge is 2.33. The third-order valence-corrected chi connectivity index (χ3v) is 3.64. The van der Waals surface area contributed by atoms with E-state index >= 15 is 0 Å². The number of nitrogens with one attached hydrogen (secondary N) is 2. The van der Waals surface area contributed by atoms with Gasteiger partial charge in [-0.1, -0.05) is 0 Å². The zero-order valence-electron chi connectivity index (χ0n) is 12.1. The molecular weight excluding hydrogens is 273 g/mol. The SMILES string of the molecule is CNC(C)(C)C(=O)NC1CCCC(OCC(F)(F)F)C1. The third kappa shape index (κ3) is 5.66. The van der Waals surface area contributed by atoms with E-state index in [0.29, 0.717) is 12.8 Å². The van der Waals surface area contributed by atoms with Crippen molar-refractivity contribution in [3.8, 4) is 0 Å². The number of hydrogen-bond acceptors (Lipinski definition) is 3. The molecule has 7 heteroatoms. The summed E-state index contributed by atoms with van der Waals surface area (Å²) in [6.07, 6.45) is -2.16. The van der Waals surface area contributed by atoms with E-state index in [-0.39, 0.29) is 11.9 Å². The minimum atomic E-state index is -4.30. The number of carbonyl (C=O) groups is 1. The molecule has 0 aromatic rings. The van der Waals surface area contributed by atoms with Crippen LogP contribution in [0, 0.1) is 0 Å². The molecule has 1 rings (SSSR count). The first-order valence-corrected chi connectivity index (χ1v) is 6.82. The summed E-state index contributed by atoms with van der Waals surface area (Å²) in [7, 11) is 1.69. The fraction of sp³-hybridized carbons (Fsp3) is 0.923. The lowest BCUT2D eigenvalue weighted by molar-refractivity contribution is -0.188. The fourth-order valence-corrected chi connectivity index (χ4v) is 2.12. The number of ether oxygens (including phenoxy) is 1. The number of hydrogen-bond donors (Lipinski definition) is 2. The molecule has 2 unspecified atom stereocenters. The van der Waals surface area contributed by atoms with Gasteiger partial charge in [0.2, 0.25) is 5.91 Å². The van der Waals surface area contributed by atoms with E-state index in [1.807, 2.05) is 0 Å². The third-order valence-electron chi connectivity index (χ3n) is 3.64. The van der Waals surface area contributed by atoms with E-state index < -0.39 is 24.4 Å². The molecule has 0 heterocycles. The van der Waals surface area contributed by atoms with E-state index in [1.54, 1.807) is 20.9 Å². The number of amides is 1. The van der Waals surface area contributed by atoms with Gasteiger partial charge >= 0.3 is 6.18 Å². The first-order chi connectivity index (χ1) is 9.14. The Morgan fingerprint density at radius 3 is 2.50 bits per heavy atom. The molecule has 0 saturated heterocycles. The Hall–Kier alpha value is -0.820. The molecule has 1 aliphatic rings. The molecule has 0 radical (unpaired) electrons. The van der Waals surface area contributed by atoms with Crippen molar-refractivity contribution in [2.24, 2.45) is 0 Å². The quantitative estimate of drug-likeness (QED) is 0.816. The summed E-state index contributed by atoms with van der Waals surface area (Å²) in [5.41, 5.74) is -0.695.